The van der Waals surface area contributed by atoms with Crippen molar-refractivity contribution in [1.29, 1.82) is 0 Å². The van der Waals surface area contributed by atoms with Crippen molar-refractivity contribution in [1.82, 2.24) is 14.9 Å². The molecule has 0 amide bonds. The predicted molar refractivity (Wildman–Crippen MR) is 86.8 cm³/mol. The SMILES string of the molecule is CC(c1ccc(Br)cc1)n1cncc1CNC(C)(C)C. The van der Waals surface area contributed by atoms with Crippen molar-refractivity contribution >= 4 is 15.9 Å². The van der Waals surface area contributed by atoms with Crippen molar-refractivity contribution in [3.63, 3.8) is 0 Å². The molecule has 0 aliphatic carbocycles. The Morgan fingerprint density at radius 1 is 1.25 bits per heavy atom. The van der Waals surface area contributed by atoms with E-state index in [2.05, 4.69) is 82.8 Å². The minimum absolute atomic E-state index is 0.107. The van der Waals surface area contributed by atoms with Crippen LogP contribution in [0.15, 0.2) is 41.3 Å². The molecule has 2 aromatic rings. The summed E-state index contributed by atoms with van der Waals surface area (Å²) in [5, 5.41) is 3.51. The van der Waals surface area contributed by atoms with Gasteiger partial charge in [-0.3, -0.25) is 0 Å². The van der Waals surface area contributed by atoms with Crippen molar-refractivity contribution in [2.24, 2.45) is 0 Å². The van der Waals surface area contributed by atoms with E-state index < -0.39 is 0 Å². The number of hydrogen-bond donors (Lipinski definition) is 1. The van der Waals surface area contributed by atoms with Crippen LogP contribution in [0.2, 0.25) is 0 Å². The topological polar surface area (TPSA) is 29.9 Å². The Morgan fingerprint density at radius 3 is 2.50 bits per heavy atom. The number of rotatable bonds is 4. The molecule has 1 aromatic heterocycles. The van der Waals surface area contributed by atoms with Gasteiger partial charge in [-0.15, -0.1) is 0 Å². The zero-order valence-electron chi connectivity index (χ0n) is 12.5. The lowest BCUT2D eigenvalue weighted by Crippen LogP contribution is -2.35. The number of imidazole rings is 1. The van der Waals surface area contributed by atoms with Crippen molar-refractivity contribution in [2.45, 2.75) is 45.8 Å². The Hall–Kier alpha value is -1.13. The van der Waals surface area contributed by atoms with Crippen LogP contribution >= 0.6 is 15.9 Å². The van der Waals surface area contributed by atoms with E-state index in [1.807, 2.05) is 12.5 Å². The highest BCUT2D eigenvalue weighted by Crippen LogP contribution is 2.22. The molecule has 0 radical (unpaired) electrons. The third-order valence-electron chi connectivity index (χ3n) is 3.32. The van der Waals surface area contributed by atoms with Gasteiger partial charge < -0.3 is 9.88 Å². The summed E-state index contributed by atoms with van der Waals surface area (Å²) in [4.78, 5) is 4.30. The van der Waals surface area contributed by atoms with E-state index in [1.54, 1.807) is 0 Å². The van der Waals surface area contributed by atoms with Gasteiger partial charge in [0.25, 0.3) is 0 Å². The lowest BCUT2D eigenvalue weighted by molar-refractivity contribution is 0.413. The van der Waals surface area contributed by atoms with Crippen molar-refractivity contribution in [2.75, 3.05) is 0 Å². The van der Waals surface area contributed by atoms with Gasteiger partial charge in [0.2, 0.25) is 0 Å². The summed E-state index contributed by atoms with van der Waals surface area (Å²) in [6.45, 7) is 9.54. The molecule has 0 saturated heterocycles. The zero-order chi connectivity index (χ0) is 14.8. The standard InChI is InChI=1S/C16H22BrN3/c1-12(13-5-7-14(17)8-6-13)20-11-18-9-15(20)10-19-16(2,3)4/h5-9,11-12,19H,10H2,1-4H3. The second kappa shape index (κ2) is 6.10. The van der Waals surface area contributed by atoms with Crippen molar-refractivity contribution in [3.8, 4) is 0 Å². The summed E-state index contributed by atoms with van der Waals surface area (Å²) in [5.74, 6) is 0. The van der Waals surface area contributed by atoms with E-state index in [-0.39, 0.29) is 11.6 Å². The fourth-order valence-corrected chi connectivity index (χ4v) is 2.34. The zero-order valence-corrected chi connectivity index (χ0v) is 14.1. The summed E-state index contributed by atoms with van der Waals surface area (Å²) in [6, 6.07) is 8.74. The first kappa shape index (κ1) is 15.3. The molecule has 0 fully saturated rings. The number of hydrogen-bond acceptors (Lipinski definition) is 2. The maximum atomic E-state index is 4.30. The first-order valence-electron chi connectivity index (χ1n) is 6.88. The van der Waals surface area contributed by atoms with E-state index in [1.165, 1.54) is 11.3 Å². The summed E-state index contributed by atoms with van der Waals surface area (Å²) >= 11 is 3.48. The van der Waals surface area contributed by atoms with Gasteiger partial charge in [-0.25, -0.2) is 4.98 Å². The minimum atomic E-state index is 0.107. The predicted octanol–water partition coefficient (Wildman–Crippen LogP) is 4.14. The first-order valence-corrected chi connectivity index (χ1v) is 7.67. The second-order valence-electron chi connectivity index (χ2n) is 6.12. The Kier molecular flexibility index (Phi) is 4.66. The van der Waals surface area contributed by atoms with E-state index in [9.17, 15) is 0 Å². The van der Waals surface area contributed by atoms with Crippen LogP contribution in [-0.2, 0) is 6.54 Å². The molecule has 0 bridgehead atoms. The number of nitrogens with zero attached hydrogens (tertiary/aromatic N) is 2. The molecule has 0 spiro atoms. The van der Waals surface area contributed by atoms with Crippen LogP contribution in [0.1, 0.15) is 45.0 Å². The fraction of sp³-hybridized carbons (Fsp3) is 0.438. The fourth-order valence-electron chi connectivity index (χ4n) is 2.08. The quantitative estimate of drug-likeness (QED) is 0.909. The van der Waals surface area contributed by atoms with E-state index >= 15 is 0 Å². The van der Waals surface area contributed by atoms with Gasteiger partial charge in [-0.05, 0) is 45.4 Å². The smallest absolute Gasteiger partial charge is 0.0954 e. The molecule has 4 heteroatoms. The highest BCUT2D eigenvalue weighted by molar-refractivity contribution is 9.10. The molecule has 108 valence electrons. The van der Waals surface area contributed by atoms with Crippen molar-refractivity contribution < 1.29 is 0 Å². The summed E-state index contributed by atoms with van der Waals surface area (Å²) in [7, 11) is 0. The van der Waals surface area contributed by atoms with Crippen LogP contribution < -0.4 is 5.32 Å². The largest absolute Gasteiger partial charge is 0.326 e. The molecule has 1 aromatic carbocycles. The molecule has 3 nitrogen and oxygen atoms in total. The molecule has 1 heterocycles. The average Bonchev–Trinajstić information content (AvgIpc) is 2.84. The van der Waals surface area contributed by atoms with Crippen LogP contribution in [0, 0.1) is 0 Å². The Bertz CT molecular complexity index is 552. The number of halogens is 1. The third-order valence-corrected chi connectivity index (χ3v) is 3.84. The first-order chi connectivity index (χ1) is 9.37. The molecular weight excluding hydrogens is 314 g/mol. The molecule has 0 aliphatic rings. The highest BCUT2D eigenvalue weighted by atomic mass is 79.9. The lowest BCUT2D eigenvalue weighted by Gasteiger charge is -2.23. The second-order valence-corrected chi connectivity index (χ2v) is 7.04. The van der Waals surface area contributed by atoms with Gasteiger partial charge in [-0.1, -0.05) is 28.1 Å². The normalized spacial score (nSPS) is 13.4. The van der Waals surface area contributed by atoms with Crippen LogP contribution in [0.5, 0.6) is 0 Å². The van der Waals surface area contributed by atoms with Gasteiger partial charge in [0.15, 0.2) is 0 Å². The number of nitrogens with one attached hydrogen (secondary N) is 1. The summed E-state index contributed by atoms with van der Waals surface area (Å²) < 4.78 is 3.33. The van der Waals surface area contributed by atoms with Crippen molar-refractivity contribution in [3.05, 3.63) is 52.5 Å². The van der Waals surface area contributed by atoms with Crippen LogP contribution in [0.3, 0.4) is 0 Å². The Morgan fingerprint density at radius 2 is 1.90 bits per heavy atom. The number of benzene rings is 1. The Balaban J connectivity index is 2.16. The van der Waals surface area contributed by atoms with E-state index in [4.69, 9.17) is 0 Å². The van der Waals surface area contributed by atoms with Crippen LogP contribution in [0.4, 0.5) is 0 Å². The van der Waals surface area contributed by atoms with E-state index in [0.717, 1.165) is 11.0 Å². The molecule has 0 saturated carbocycles. The maximum absolute atomic E-state index is 4.30. The third kappa shape index (κ3) is 3.93. The van der Waals surface area contributed by atoms with E-state index in [0.29, 0.717) is 0 Å². The number of aromatic nitrogens is 2. The minimum Gasteiger partial charge on any atom is -0.326 e. The van der Waals surface area contributed by atoms with Gasteiger partial charge >= 0.3 is 0 Å². The molecule has 1 atom stereocenters. The Labute approximate surface area is 129 Å². The highest BCUT2D eigenvalue weighted by Gasteiger charge is 2.14. The summed E-state index contributed by atoms with van der Waals surface area (Å²) in [5.41, 5.74) is 2.59. The molecular formula is C16H22BrN3. The average molecular weight is 336 g/mol. The van der Waals surface area contributed by atoms with Gasteiger partial charge in [-0.2, -0.15) is 0 Å². The molecule has 0 aliphatic heterocycles. The van der Waals surface area contributed by atoms with Crippen LogP contribution in [0.25, 0.3) is 0 Å². The van der Waals surface area contributed by atoms with Crippen LogP contribution in [-0.4, -0.2) is 15.1 Å². The van der Waals surface area contributed by atoms with Gasteiger partial charge in [0.05, 0.1) is 18.1 Å². The summed E-state index contributed by atoms with van der Waals surface area (Å²) in [6.07, 6.45) is 3.85. The maximum Gasteiger partial charge on any atom is 0.0954 e. The molecule has 2 rings (SSSR count). The van der Waals surface area contributed by atoms with Gasteiger partial charge in [0, 0.05) is 22.8 Å². The monoisotopic (exact) mass is 335 g/mol. The molecule has 1 unspecified atom stereocenters. The molecule has 20 heavy (non-hydrogen) atoms. The van der Waals surface area contributed by atoms with Gasteiger partial charge in [0.1, 0.15) is 0 Å². The molecule has 1 N–H and O–H groups in total. The lowest BCUT2D eigenvalue weighted by atomic mass is 10.1.